The van der Waals surface area contributed by atoms with E-state index in [1.165, 1.54) is 0 Å². The molecule has 1 atom stereocenters. The molecule has 0 saturated heterocycles. The third-order valence-electron chi connectivity index (χ3n) is 4.49. The number of ether oxygens (including phenoxy) is 1. The van der Waals surface area contributed by atoms with Crippen molar-refractivity contribution < 1.29 is 23.9 Å². The zero-order chi connectivity index (χ0) is 21.3. The quantitative estimate of drug-likeness (QED) is 0.574. The molecule has 0 bridgehead atoms. The van der Waals surface area contributed by atoms with Crippen LogP contribution in [0.4, 0.5) is 5.13 Å². The monoisotopic (exact) mass is 415 g/mol. The number of esters is 1. The number of anilines is 1. The molecule has 3 rings (SSSR count). The maximum Gasteiger partial charge on any atom is 0.350 e. The molecule has 152 valence electrons. The number of hydrogen-bond donors (Lipinski definition) is 1. The number of rotatable bonds is 6. The summed E-state index contributed by atoms with van der Waals surface area (Å²) >= 11 is 0.991. The number of benzene rings is 1. The van der Waals surface area contributed by atoms with Crippen molar-refractivity contribution in [1.82, 2.24) is 9.88 Å². The Kier molecular flexibility index (Phi) is 5.78. The molecule has 1 aliphatic rings. The van der Waals surface area contributed by atoms with E-state index in [-0.39, 0.29) is 28.8 Å². The number of imide groups is 1. The average Bonchev–Trinajstić information content (AvgIpc) is 3.15. The second kappa shape index (κ2) is 8.12. The summed E-state index contributed by atoms with van der Waals surface area (Å²) in [5.74, 6) is -2.38. The number of aromatic nitrogens is 1. The standard InChI is InChI=1S/C20H21N3O5S/c1-5-28-19(27)15-11(4)21-20(29-15)22-16(24)14(10(2)3)23-17(25)12-8-6-7-9-13(12)18(23)26/h6-10,14H,5H2,1-4H3,(H,21,22,24)/t14-/m1/s1. The number of aryl methyl sites for hydroxylation is 1. The maximum atomic E-state index is 13.0. The first-order valence-electron chi connectivity index (χ1n) is 9.18. The van der Waals surface area contributed by atoms with E-state index >= 15 is 0 Å². The van der Waals surface area contributed by atoms with Gasteiger partial charge in [-0.3, -0.25) is 19.3 Å². The van der Waals surface area contributed by atoms with Crippen molar-refractivity contribution in [2.24, 2.45) is 5.92 Å². The molecule has 0 radical (unpaired) electrons. The van der Waals surface area contributed by atoms with E-state index in [4.69, 9.17) is 4.74 Å². The van der Waals surface area contributed by atoms with Crippen molar-refractivity contribution in [3.8, 4) is 0 Å². The molecule has 8 nitrogen and oxygen atoms in total. The molecule has 0 saturated carbocycles. The predicted octanol–water partition coefficient (Wildman–Crippen LogP) is 2.89. The number of amides is 3. The second-order valence-electron chi connectivity index (χ2n) is 6.86. The zero-order valence-corrected chi connectivity index (χ0v) is 17.3. The van der Waals surface area contributed by atoms with Gasteiger partial charge in [0.2, 0.25) is 5.91 Å². The van der Waals surface area contributed by atoms with Crippen LogP contribution in [0.25, 0.3) is 0 Å². The number of hydrogen-bond acceptors (Lipinski definition) is 7. The molecule has 29 heavy (non-hydrogen) atoms. The summed E-state index contributed by atoms with van der Waals surface area (Å²) in [6.07, 6.45) is 0. The lowest BCUT2D eigenvalue weighted by atomic mass is 10.0. The summed E-state index contributed by atoms with van der Waals surface area (Å²) in [6, 6.07) is 5.47. The highest BCUT2D eigenvalue weighted by atomic mass is 32.1. The Bertz CT molecular complexity index is 963. The van der Waals surface area contributed by atoms with Crippen molar-refractivity contribution in [2.75, 3.05) is 11.9 Å². The lowest BCUT2D eigenvalue weighted by Gasteiger charge is -2.27. The molecule has 0 unspecified atom stereocenters. The highest BCUT2D eigenvalue weighted by Crippen LogP contribution is 2.29. The number of fused-ring (bicyclic) bond motifs is 1. The largest absolute Gasteiger partial charge is 0.462 e. The van der Waals surface area contributed by atoms with E-state index in [0.717, 1.165) is 16.2 Å². The molecule has 1 aromatic carbocycles. The van der Waals surface area contributed by atoms with E-state index in [1.54, 1.807) is 52.0 Å². The van der Waals surface area contributed by atoms with Crippen LogP contribution < -0.4 is 5.32 Å². The molecule has 1 N–H and O–H groups in total. The summed E-state index contributed by atoms with van der Waals surface area (Å²) in [5, 5.41) is 2.85. The molecular formula is C20H21N3O5S. The van der Waals surface area contributed by atoms with Crippen molar-refractivity contribution in [3.63, 3.8) is 0 Å². The fourth-order valence-corrected chi connectivity index (χ4v) is 4.06. The minimum Gasteiger partial charge on any atom is -0.462 e. The van der Waals surface area contributed by atoms with E-state index < -0.39 is 29.7 Å². The lowest BCUT2D eigenvalue weighted by molar-refractivity contribution is -0.121. The van der Waals surface area contributed by atoms with Gasteiger partial charge in [-0.1, -0.05) is 37.3 Å². The molecule has 0 fully saturated rings. The molecule has 3 amide bonds. The minimum atomic E-state index is -1.02. The van der Waals surface area contributed by atoms with E-state index in [9.17, 15) is 19.2 Å². The Balaban J connectivity index is 1.85. The summed E-state index contributed by atoms with van der Waals surface area (Å²) < 4.78 is 4.98. The summed E-state index contributed by atoms with van der Waals surface area (Å²) in [4.78, 5) is 56.0. The molecular weight excluding hydrogens is 394 g/mol. The summed E-state index contributed by atoms with van der Waals surface area (Å²) in [7, 11) is 0. The predicted molar refractivity (Wildman–Crippen MR) is 107 cm³/mol. The Morgan fingerprint density at radius 3 is 2.28 bits per heavy atom. The fourth-order valence-electron chi connectivity index (χ4n) is 3.19. The Hall–Kier alpha value is -3.07. The first-order chi connectivity index (χ1) is 13.8. The van der Waals surface area contributed by atoms with Gasteiger partial charge in [0.15, 0.2) is 5.13 Å². The highest BCUT2D eigenvalue weighted by molar-refractivity contribution is 7.17. The van der Waals surface area contributed by atoms with Gasteiger partial charge in [-0.15, -0.1) is 0 Å². The van der Waals surface area contributed by atoms with Crippen LogP contribution in [0.15, 0.2) is 24.3 Å². The van der Waals surface area contributed by atoms with Crippen molar-refractivity contribution in [3.05, 3.63) is 46.0 Å². The van der Waals surface area contributed by atoms with Crippen LogP contribution in [-0.2, 0) is 9.53 Å². The van der Waals surface area contributed by atoms with Crippen LogP contribution in [0.3, 0.4) is 0 Å². The van der Waals surface area contributed by atoms with Crippen LogP contribution in [0.1, 0.15) is 56.9 Å². The van der Waals surface area contributed by atoms with Crippen molar-refractivity contribution in [2.45, 2.75) is 33.7 Å². The van der Waals surface area contributed by atoms with Crippen LogP contribution in [0.2, 0.25) is 0 Å². The number of nitrogens with one attached hydrogen (secondary N) is 1. The molecule has 0 spiro atoms. The van der Waals surface area contributed by atoms with Crippen LogP contribution in [0, 0.1) is 12.8 Å². The van der Waals surface area contributed by atoms with Crippen LogP contribution in [-0.4, -0.2) is 46.2 Å². The maximum absolute atomic E-state index is 13.0. The van der Waals surface area contributed by atoms with Crippen molar-refractivity contribution >= 4 is 40.2 Å². The Morgan fingerprint density at radius 1 is 1.17 bits per heavy atom. The molecule has 2 heterocycles. The number of carbonyl (C=O) groups is 4. The average molecular weight is 415 g/mol. The molecule has 0 aliphatic carbocycles. The van der Waals surface area contributed by atoms with E-state index in [2.05, 4.69) is 10.3 Å². The third kappa shape index (κ3) is 3.77. The molecule has 1 aliphatic heterocycles. The van der Waals surface area contributed by atoms with Crippen LogP contribution >= 0.6 is 11.3 Å². The smallest absolute Gasteiger partial charge is 0.350 e. The first-order valence-corrected chi connectivity index (χ1v) is 10.00. The number of carbonyl (C=O) groups excluding carboxylic acids is 4. The van der Waals surface area contributed by atoms with Gasteiger partial charge in [-0.2, -0.15) is 0 Å². The number of nitrogens with zero attached hydrogens (tertiary/aromatic N) is 2. The Morgan fingerprint density at radius 2 is 1.76 bits per heavy atom. The Labute approximate surface area is 171 Å². The molecule has 1 aromatic heterocycles. The zero-order valence-electron chi connectivity index (χ0n) is 16.5. The molecule has 2 aromatic rings. The van der Waals surface area contributed by atoms with Gasteiger partial charge in [-0.25, -0.2) is 9.78 Å². The normalized spacial score (nSPS) is 14.2. The van der Waals surface area contributed by atoms with Gasteiger partial charge < -0.3 is 10.1 Å². The summed E-state index contributed by atoms with van der Waals surface area (Å²) in [6.45, 7) is 7.08. The highest BCUT2D eigenvalue weighted by Gasteiger charge is 2.44. The van der Waals surface area contributed by atoms with Crippen LogP contribution in [0.5, 0.6) is 0 Å². The van der Waals surface area contributed by atoms with Gasteiger partial charge in [0.25, 0.3) is 11.8 Å². The van der Waals surface area contributed by atoms with Gasteiger partial charge in [0.1, 0.15) is 10.9 Å². The van der Waals surface area contributed by atoms with E-state index in [0.29, 0.717) is 10.6 Å². The fraction of sp³-hybridized carbons (Fsp3) is 0.350. The summed E-state index contributed by atoms with van der Waals surface area (Å²) in [5.41, 5.74) is 1.00. The van der Waals surface area contributed by atoms with Gasteiger partial charge in [-0.05, 0) is 31.9 Å². The van der Waals surface area contributed by atoms with Gasteiger partial charge in [0, 0.05) is 0 Å². The number of thiazole rings is 1. The SMILES string of the molecule is CCOC(=O)c1sc(NC(=O)[C@@H](C(C)C)N2C(=O)c3ccccc3C2=O)nc1C. The second-order valence-corrected chi connectivity index (χ2v) is 7.86. The minimum absolute atomic E-state index is 0.206. The topological polar surface area (TPSA) is 106 Å². The van der Waals surface area contributed by atoms with Gasteiger partial charge >= 0.3 is 5.97 Å². The first kappa shape index (κ1) is 20.7. The van der Waals surface area contributed by atoms with E-state index in [1.807, 2.05) is 0 Å². The van der Waals surface area contributed by atoms with Crippen molar-refractivity contribution in [1.29, 1.82) is 0 Å². The lowest BCUT2D eigenvalue weighted by Crippen LogP contribution is -2.50. The third-order valence-corrected chi connectivity index (χ3v) is 5.54. The molecule has 9 heteroatoms. The van der Waals surface area contributed by atoms with Gasteiger partial charge in [0.05, 0.1) is 23.4 Å².